The van der Waals surface area contributed by atoms with E-state index in [0.717, 1.165) is 11.1 Å². The molecule has 112 valence electrons. The maximum Gasteiger partial charge on any atom is 0.336 e. The van der Waals surface area contributed by atoms with Gasteiger partial charge in [0.2, 0.25) is 0 Å². The lowest BCUT2D eigenvalue weighted by Crippen LogP contribution is -2.09. The molecule has 0 aliphatic heterocycles. The van der Waals surface area contributed by atoms with E-state index in [-0.39, 0.29) is 16.9 Å². The Balaban J connectivity index is 2.03. The second-order valence-corrected chi connectivity index (χ2v) is 5.13. The largest absolute Gasteiger partial charge is 0.478 e. The minimum atomic E-state index is -1.10. The first-order chi connectivity index (χ1) is 11.2. The second-order valence-electron chi connectivity index (χ2n) is 5.13. The van der Waals surface area contributed by atoms with Crippen molar-refractivity contribution in [2.45, 2.75) is 0 Å². The normalized spacial score (nSPS) is 10.3. The fraction of sp³-hybridized carbons (Fsp3) is 0. The van der Waals surface area contributed by atoms with Crippen molar-refractivity contribution in [2.75, 3.05) is 0 Å². The summed E-state index contributed by atoms with van der Waals surface area (Å²) >= 11 is 0. The van der Waals surface area contributed by atoms with Crippen LogP contribution in [0.2, 0.25) is 0 Å². The molecule has 0 radical (unpaired) electrons. The maximum absolute atomic E-state index is 12.7. The van der Waals surface area contributed by atoms with Crippen molar-refractivity contribution < 1.29 is 14.7 Å². The van der Waals surface area contributed by atoms with Crippen LogP contribution < -0.4 is 0 Å². The number of rotatable bonds is 4. The van der Waals surface area contributed by atoms with Crippen LogP contribution in [0.5, 0.6) is 0 Å². The third-order valence-corrected chi connectivity index (χ3v) is 3.63. The van der Waals surface area contributed by atoms with Gasteiger partial charge in [0.25, 0.3) is 0 Å². The van der Waals surface area contributed by atoms with Gasteiger partial charge >= 0.3 is 5.97 Å². The molecule has 3 nitrogen and oxygen atoms in total. The van der Waals surface area contributed by atoms with Gasteiger partial charge in [-0.05, 0) is 23.3 Å². The molecule has 0 aromatic heterocycles. The zero-order chi connectivity index (χ0) is 16.2. The molecule has 3 aromatic rings. The first kappa shape index (κ1) is 14.7. The van der Waals surface area contributed by atoms with Gasteiger partial charge in [0, 0.05) is 11.1 Å². The molecule has 3 rings (SSSR count). The third-order valence-electron chi connectivity index (χ3n) is 3.63. The standard InChI is InChI=1S/C20H14O3/c21-19(17-11-4-5-12-18(17)20(22)23)16-10-6-9-15(13-16)14-7-2-1-3-8-14/h1-13H,(H,22,23). The Morgan fingerprint density at radius 3 is 1.96 bits per heavy atom. The highest BCUT2D eigenvalue weighted by atomic mass is 16.4. The summed E-state index contributed by atoms with van der Waals surface area (Å²) in [5.41, 5.74) is 2.62. The molecule has 0 fully saturated rings. The number of benzene rings is 3. The minimum Gasteiger partial charge on any atom is -0.478 e. The van der Waals surface area contributed by atoms with E-state index in [4.69, 9.17) is 0 Å². The van der Waals surface area contributed by atoms with Crippen molar-refractivity contribution in [1.29, 1.82) is 0 Å². The number of carboxylic acid groups (broad SMARTS) is 1. The summed E-state index contributed by atoms with van der Waals surface area (Å²) in [6.07, 6.45) is 0. The van der Waals surface area contributed by atoms with Crippen molar-refractivity contribution in [2.24, 2.45) is 0 Å². The number of aromatic carboxylic acids is 1. The first-order valence-electron chi connectivity index (χ1n) is 7.19. The molecule has 23 heavy (non-hydrogen) atoms. The van der Waals surface area contributed by atoms with Gasteiger partial charge < -0.3 is 5.11 Å². The summed E-state index contributed by atoms with van der Waals surface area (Å²) in [5, 5.41) is 9.24. The maximum atomic E-state index is 12.7. The van der Waals surface area contributed by atoms with Crippen molar-refractivity contribution in [3.05, 3.63) is 95.6 Å². The molecular formula is C20H14O3. The molecule has 0 heterocycles. The molecule has 0 atom stereocenters. The van der Waals surface area contributed by atoms with Crippen LogP contribution in [0.3, 0.4) is 0 Å². The van der Waals surface area contributed by atoms with Gasteiger partial charge in [-0.1, -0.05) is 66.7 Å². The summed E-state index contributed by atoms with van der Waals surface area (Å²) in [4.78, 5) is 24.0. The van der Waals surface area contributed by atoms with E-state index in [9.17, 15) is 14.7 Å². The van der Waals surface area contributed by atoms with Crippen molar-refractivity contribution in [3.8, 4) is 11.1 Å². The van der Waals surface area contributed by atoms with E-state index in [1.807, 2.05) is 36.4 Å². The van der Waals surface area contributed by atoms with E-state index >= 15 is 0 Å². The molecule has 0 amide bonds. The highest BCUT2D eigenvalue weighted by Gasteiger charge is 2.17. The average Bonchev–Trinajstić information content (AvgIpc) is 2.62. The van der Waals surface area contributed by atoms with Gasteiger partial charge in [0.05, 0.1) is 5.56 Å². The molecule has 3 heteroatoms. The highest BCUT2D eigenvalue weighted by molar-refractivity contribution is 6.14. The molecule has 0 unspecified atom stereocenters. The topological polar surface area (TPSA) is 54.4 Å². The Kier molecular flexibility index (Phi) is 4.02. The Morgan fingerprint density at radius 1 is 0.652 bits per heavy atom. The van der Waals surface area contributed by atoms with Crippen LogP contribution in [-0.2, 0) is 0 Å². The Hall–Kier alpha value is -3.20. The van der Waals surface area contributed by atoms with E-state index in [1.54, 1.807) is 36.4 Å². The van der Waals surface area contributed by atoms with Crippen LogP contribution in [0.25, 0.3) is 11.1 Å². The minimum absolute atomic E-state index is 0.0163. The SMILES string of the molecule is O=C(O)c1ccccc1C(=O)c1cccc(-c2ccccc2)c1. The van der Waals surface area contributed by atoms with E-state index < -0.39 is 5.97 Å². The van der Waals surface area contributed by atoms with E-state index in [0.29, 0.717) is 5.56 Å². The summed E-state index contributed by atoms with van der Waals surface area (Å²) < 4.78 is 0. The van der Waals surface area contributed by atoms with E-state index in [1.165, 1.54) is 6.07 Å². The van der Waals surface area contributed by atoms with Crippen molar-refractivity contribution in [1.82, 2.24) is 0 Å². The van der Waals surface area contributed by atoms with Crippen LogP contribution >= 0.6 is 0 Å². The number of carbonyl (C=O) groups is 2. The monoisotopic (exact) mass is 302 g/mol. The molecule has 0 saturated carbocycles. The second kappa shape index (κ2) is 6.28. The van der Waals surface area contributed by atoms with Crippen LogP contribution in [0.4, 0.5) is 0 Å². The molecule has 0 saturated heterocycles. The molecule has 0 aliphatic carbocycles. The fourth-order valence-electron chi connectivity index (χ4n) is 2.49. The number of carbonyl (C=O) groups excluding carboxylic acids is 1. The highest BCUT2D eigenvalue weighted by Crippen LogP contribution is 2.22. The first-order valence-corrected chi connectivity index (χ1v) is 7.19. The molecule has 1 N–H and O–H groups in total. The predicted octanol–water partition coefficient (Wildman–Crippen LogP) is 4.28. The summed E-state index contributed by atoms with van der Waals surface area (Å²) in [7, 11) is 0. The van der Waals surface area contributed by atoms with Crippen LogP contribution in [-0.4, -0.2) is 16.9 Å². The lowest BCUT2D eigenvalue weighted by atomic mass is 9.95. The molecule has 0 spiro atoms. The molecular weight excluding hydrogens is 288 g/mol. The summed E-state index contributed by atoms with van der Waals surface area (Å²) in [6, 6.07) is 23.2. The smallest absolute Gasteiger partial charge is 0.336 e. The zero-order valence-corrected chi connectivity index (χ0v) is 12.3. The van der Waals surface area contributed by atoms with Gasteiger partial charge in [0.1, 0.15) is 0 Å². The van der Waals surface area contributed by atoms with Crippen molar-refractivity contribution >= 4 is 11.8 Å². The zero-order valence-electron chi connectivity index (χ0n) is 12.3. The molecule has 3 aromatic carbocycles. The van der Waals surface area contributed by atoms with E-state index in [2.05, 4.69) is 0 Å². The fourth-order valence-corrected chi connectivity index (χ4v) is 2.49. The van der Waals surface area contributed by atoms with Gasteiger partial charge in [-0.2, -0.15) is 0 Å². The van der Waals surface area contributed by atoms with Crippen LogP contribution in [0.15, 0.2) is 78.9 Å². The predicted molar refractivity (Wildman–Crippen MR) is 88.7 cm³/mol. The number of ketones is 1. The summed E-state index contributed by atoms with van der Waals surface area (Å²) in [5.74, 6) is -1.39. The van der Waals surface area contributed by atoms with Crippen LogP contribution in [0, 0.1) is 0 Å². The quantitative estimate of drug-likeness (QED) is 0.732. The summed E-state index contributed by atoms with van der Waals surface area (Å²) in [6.45, 7) is 0. The van der Waals surface area contributed by atoms with Gasteiger partial charge in [-0.3, -0.25) is 4.79 Å². The molecule has 0 bridgehead atoms. The number of hydrogen-bond donors (Lipinski definition) is 1. The van der Waals surface area contributed by atoms with Crippen LogP contribution in [0.1, 0.15) is 26.3 Å². The Labute approximate surface area is 133 Å². The van der Waals surface area contributed by atoms with Crippen molar-refractivity contribution in [3.63, 3.8) is 0 Å². The third kappa shape index (κ3) is 3.04. The molecule has 0 aliphatic rings. The van der Waals surface area contributed by atoms with Gasteiger partial charge in [-0.25, -0.2) is 4.79 Å². The number of hydrogen-bond acceptors (Lipinski definition) is 2. The average molecular weight is 302 g/mol. The van der Waals surface area contributed by atoms with Gasteiger partial charge in [0.15, 0.2) is 5.78 Å². The lowest BCUT2D eigenvalue weighted by molar-refractivity contribution is 0.0693. The lowest BCUT2D eigenvalue weighted by Gasteiger charge is -2.07. The Bertz CT molecular complexity index is 867. The number of carboxylic acids is 1. The Morgan fingerprint density at radius 2 is 1.26 bits per heavy atom. The van der Waals surface area contributed by atoms with Gasteiger partial charge in [-0.15, -0.1) is 0 Å².